The third-order valence-electron chi connectivity index (χ3n) is 2.81. The summed E-state index contributed by atoms with van der Waals surface area (Å²) in [6.07, 6.45) is 2.35. The highest BCUT2D eigenvalue weighted by Gasteiger charge is 2.13. The van der Waals surface area contributed by atoms with E-state index in [1.165, 1.54) is 6.42 Å². The number of nitrogens with two attached hydrogens (primary N) is 1. The van der Waals surface area contributed by atoms with Crippen LogP contribution in [0, 0.1) is 12.8 Å². The summed E-state index contributed by atoms with van der Waals surface area (Å²) < 4.78 is 5.43. The normalized spacial score (nSPS) is 20.0. The molecule has 17 heavy (non-hydrogen) atoms. The summed E-state index contributed by atoms with van der Waals surface area (Å²) in [4.78, 5) is 8.37. The molecule has 94 valence electrons. The second-order valence-corrected chi connectivity index (χ2v) is 4.33. The Kier molecular flexibility index (Phi) is 4.11. The second kappa shape index (κ2) is 5.79. The van der Waals surface area contributed by atoms with Gasteiger partial charge in [-0.15, -0.1) is 0 Å². The first-order chi connectivity index (χ1) is 8.28. The minimum atomic E-state index is 0.437. The lowest BCUT2D eigenvalue weighted by molar-refractivity contribution is 0.0595. The summed E-state index contributed by atoms with van der Waals surface area (Å²) in [5.41, 5.74) is 3.34. The van der Waals surface area contributed by atoms with Crippen molar-refractivity contribution >= 4 is 11.8 Å². The molecule has 2 rings (SSSR count). The fraction of sp³-hybridized carbons (Fsp3) is 0.636. The fourth-order valence-electron chi connectivity index (χ4n) is 1.94. The zero-order valence-electron chi connectivity index (χ0n) is 10.1. The van der Waals surface area contributed by atoms with E-state index < -0.39 is 0 Å². The number of ether oxygens (including phenoxy) is 1. The molecule has 1 aromatic rings. The predicted octanol–water partition coefficient (Wildman–Crippen LogP) is 0.909. The number of anilines is 2. The third-order valence-corrected chi connectivity index (χ3v) is 2.81. The number of rotatable bonds is 4. The van der Waals surface area contributed by atoms with Crippen LogP contribution < -0.4 is 16.6 Å². The van der Waals surface area contributed by atoms with Crippen molar-refractivity contribution in [3.05, 3.63) is 11.8 Å². The summed E-state index contributed by atoms with van der Waals surface area (Å²) in [7, 11) is 0. The molecule has 1 saturated heterocycles. The standard InChI is InChI=1S/C11H19N5O/c1-8-5-10(15-11(14-8)16-12)13-6-9-3-2-4-17-7-9/h5,9H,2-4,6-7,12H2,1H3,(H2,13,14,15,16). The van der Waals surface area contributed by atoms with E-state index >= 15 is 0 Å². The fourth-order valence-corrected chi connectivity index (χ4v) is 1.94. The molecule has 0 spiro atoms. The molecule has 0 aromatic carbocycles. The molecule has 0 saturated carbocycles. The Labute approximate surface area is 101 Å². The van der Waals surface area contributed by atoms with Gasteiger partial charge in [0.2, 0.25) is 5.95 Å². The van der Waals surface area contributed by atoms with Crippen molar-refractivity contribution < 1.29 is 4.74 Å². The average Bonchev–Trinajstić information content (AvgIpc) is 2.37. The van der Waals surface area contributed by atoms with Crippen molar-refractivity contribution in [1.29, 1.82) is 0 Å². The minimum Gasteiger partial charge on any atom is -0.381 e. The molecule has 0 radical (unpaired) electrons. The maximum Gasteiger partial charge on any atom is 0.239 e. The monoisotopic (exact) mass is 237 g/mol. The van der Waals surface area contributed by atoms with Gasteiger partial charge < -0.3 is 10.1 Å². The predicted molar refractivity (Wildman–Crippen MR) is 66.6 cm³/mol. The number of nitrogens with zero attached hydrogens (tertiary/aromatic N) is 2. The minimum absolute atomic E-state index is 0.437. The van der Waals surface area contributed by atoms with E-state index in [0.717, 1.165) is 37.7 Å². The number of hydrogen-bond acceptors (Lipinski definition) is 6. The summed E-state index contributed by atoms with van der Waals surface area (Å²) in [6, 6.07) is 1.91. The summed E-state index contributed by atoms with van der Waals surface area (Å²) in [6.45, 7) is 4.52. The zero-order valence-corrected chi connectivity index (χ0v) is 10.1. The number of hydrogen-bond donors (Lipinski definition) is 3. The van der Waals surface area contributed by atoms with Crippen molar-refractivity contribution in [2.75, 3.05) is 30.5 Å². The molecule has 0 amide bonds. The number of hydrazine groups is 1. The number of nitrogen functional groups attached to an aromatic ring is 1. The quantitative estimate of drug-likeness (QED) is 0.533. The van der Waals surface area contributed by atoms with Crippen LogP contribution in [0.4, 0.5) is 11.8 Å². The number of aryl methyl sites for hydroxylation is 1. The molecule has 4 N–H and O–H groups in total. The van der Waals surface area contributed by atoms with Gasteiger partial charge in [-0.25, -0.2) is 10.8 Å². The Morgan fingerprint density at radius 3 is 3.12 bits per heavy atom. The Hall–Kier alpha value is -1.40. The van der Waals surface area contributed by atoms with Crippen LogP contribution in [0.25, 0.3) is 0 Å². The molecule has 1 atom stereocenters. The third kappa shape index (κ3) is 3.54. The van der Waals surface area contributed by atoms with E-state index in [9.17, 15) is 0 Å². The van der Waals surface area contributed by atoms with Crippen molar-refractivity contribution in [3.8, 4) is 0 Å². The molecular weight excluding hydrogens is 218 g/mol. The summed E-state index contributed by atoms with van der Waals surface area (Å²) in [5.74, 6) is 7.11. The van der Waals surface area contributed by atoms with Crippen LogP contribution in [0.15, 0.2) is 6.07 Å². The topological polar surface area (TPSA) is 85.1 Å². The molecule has 0 aliphatic carbocycles. The number of aromatic nitrogens is 2. The Bertz CT molecular complexity index is 365. The maximum absolute atomic E-state index is 5.43. The largest absolute Gasteiger partial charge is 0.381 e. The summed E-state index contributed by atoms with van der Waals surface area (Å²) in [5, 5.41) is 3.30. The molecule has 0 bridgehead atoms. The molecule has 1 aliphatic rings. The second-order valence-electron chi connectivity index (χ2n) is 4.33. The SMILES string of the molecule is Cc1cc(NCC2CCCOC2)nc(NN)n1. The highest BCUT2D eigenvalue weighted by molar-refractivity contribution is 5.41. The van der Waals surface area contributed by atoms with Crippen molar-refractivity contribution in [2.45, 2.75) is 19.8 Å². The Balaban J connectivity index is 1.91. The van der Waals surface area contributed by atoms with Gasteiger partial charge >= 0.3 is 0 Å². The van der Waals surface area contributed by atoms with Crippen LogP contribution >= 0.6 is 0 Å². The molecule has 1 aliphatic heterocycles. The highest BCUT2D eigenvalue weighted by atomic mass is 16.5. The first-order valence-corrected chi connectivity index (χ1v) is 5.92. The molecule has 1 aromatic heterocycles. The first kappa shape index (κ1) is 12.1. The molecule has 6 heteroatoms. The zero-order chi connectivity index (χ0) is 12.1. The maximum atomic E-state index is 5.43. The van der Waals surface area contributed by atoms with E-state index in [0.29, 0.717) is 11.9 Å². The van der Waals surface area contributed by atoms with Crippen LogP contribution in [0.5, 0.6) is 0 Å². The van der Waals surface area contributed by atoms with Gasteiger partial charge in [-0.05, 0) is 25.7 Å². The van der Waals surface area contributed by atoms with E-state index in [-0.39, 0.29) is 0 Å². The molecule has 2 heterocycles. The van der Waals surface area contributed by atoms with Crippen molar-refractivity contribution in [3.63, 3.8) is 0 Å². The van der Waals surface area contributed by atoms with Crippen molar-refractivity contribution in [1.82, 2.24) is 9.97 Å². The lowest BCUT2D eigenvalue weighted by atomic mass is 10.0. The smallest absolute Gasteiger partial charge is 0.239 e. The van der Waals surface area contributed by atoms with Gasteiger partial charge in [-0.1, -0.05) is 0 Å². The Morgan fingerprint density at radius 1 is 1.53 bits per heavy atom. The van der Waals surface area contributed by atoms with Gasteiger partial charge in [0.25, 0.3) is 0 Å². The van der Waals surface area contributed by atoms with E-state index in [1.807, 2.05) is 13.0 Å². The lowest BCUT2D eigenvalue weighted by Crippen LogP contribution is -2.24. The average molecular weight is 237 g/mol. The molecule has 1 fully saturated rings. The first-order valence-electron chi connectivity index (χ1n) is 5.92. The van der Waals surface area contributed by atoms with Crippen LogP contribution in [0.3, 0.4) is 0 Å². The molecule has 6 nitrogen and oxygen atoms in total. The van der Waals surface area contributed by atoms with Crippen LogP contribution in [-0.4, -0.2) is 29.7 Å². The lowest BCUT2D eigenvalue weighted by Gasteiger charge is -2.22. The number of nitrogens with one attached hydrogen (secondary N) is 2. The van der Waals surface area contributed by atoms with Gasteiger partial charge in [-0.2, -0.15) is 4.98 Å². The molecule has 1 unspecified atom stereocenters. The van der Waals surface area contributed by atoms with E-state index in [2.05, 4.69) is 20.7 Å². The highest BCUT2D eigenvalue weighted by Crippen LogP contribution is 2.15. The van der Waals surface area contributed by atoms with Gasteiger partial charge in [0.05, 0.1) is 6.61 Å². The summed E-state index contributed by atoms with van der Waals surface area (Å²) >= 11 is 0. The van der Waals surface area contributed by atoms with E-state index in [1.54, 1.807) is 0 Å². The van der Waals surface area contributed by atoms with Crippen LogP contribution in [-0.2, 0) is 4.74 Å². The van der Waals surface area contributed by atoms with Crippen molar-refractivity contribution in [2.24, 2.45) is 11.8 Å². The van der Waals surface area contributed by atoms with Gasteiger partial charge in [0.1, 0.15) is 5.82 Å². The van der Waals surface area contributed by atoms with Gasteiger partial charge in [-0.3, -0.25) is 5.43 Å². The van der Waals surface area contributed by atoms with Gasteiger partial charge in [0.15, 0.2) is 0 Å². The van der Waals surface area contributed by atoms with E-state index in [4.69, 9.17) is 10.6 Å². The van der Waals surface area contributed by atoms with Gasteiger partial charge in [0, 0.05) is 24.9 Å². The molecular formula is C11H19N5O. The van der Waals surface area contributed by atoms with Crippen LogP contribution in [0.2, 0.25) is 0 Å². The Morgan fingerprint density at radius 2 is 2.41 bits per heavy atom. The van der Waals surface area contributed by atoms with Crippen LogP contribution in [0.1, 0.15) is 18.5 Å².